The van der Waals surface area contributed by atoms with Gasteiger partial charge in [-0.2, -0.15) is 0 Å². The highest BCUT2D eigenvalue weighted by molar-refractivity contribution is 5.83. The van der Waals surface area contributed by atoms with E-state index < -0.39 is 11.4 Å². The molecule has 0 radical (unpaired) electrons. The molecule has 1 saturated carbocycles. The highest BCUT2D eigenvalue weighted by atomic mass is 16.5. The van der Waals surface area contributed by atoms with E-state index in [9.17, 15) is 14.7 Å². The lowest BCUT2D eigenvalue weighted by atomic mass is 9.81. The van der Waals surface area contributed by atoms with Crippen molar-refractivity contribution < 1.29 is 19.4 Å². The first-order chi connectivity index (χ1) is 10.1. The van der Waals surface area contributed by atoms with Crippen molar-refractivity contribution in [2.24, 2.45) is 17.3 Å². The number of nitrogens with zero attached hydrogens (tertiary/aromatic N) is 2. The number of amides is 1. The van der Waals surface area contributed by atoms with E-state index in [-0.39, 0.29) is 17.7 Å². The molecule has 0 unspecified atom stereocenters. The maximum Gasteiger partial charge on any atom is 0.313 e. The lowest BCUT2D eigenvalue weighted by Gasteiger charge is -2.31. The number of hydrogen-bond donors (Lipinski definition) is 1. The highest BCUT2D eigenvalue weighted by Gasteiger charge is 2.58. The van der Waals surface area contributed by atoms with Crippen molar-refractivity contribution in [3.63, 3.8) is 0 Å². The van der Waals surface area contributed by atoms with Gasteiger partial charge in [-0.05, 0) is 12.8 Å². The zero-order valence-electron chi connectivity index (χ0n) is 12.6. The Hall–Kier alpha value is -1.14. The summed E-state index contributed by atoms with van der Waals surface area (Å²) >= 11 is 0. The van der Waals surface area contributed by atoms with E-state index in [1.165, 1.54) is 0 Å². The van der Waals surface area contributed by atoms with Crippen LogP contribution in [0.2, 0.25) is 0 Å². The number of carbonyl (C=O) groups excluding carboxylic acids is 1. The van der Waals surface area contributed by atoms with Crippen LogP contribution < -0.4 is 0 Å². The molecule has 2 saturated heterocycles. The third-order valence-electron chi connectivity index (χ3n) is 5.48. The second-order valence-electron chi connectivity index (χ2n) is 6.73. The summed E-state index contributed by atoms with van der Waals surface area (Å²) in [4.78, 5) is 28.2. The van der Waals surface area contributed by atoms with Crippen molar-refractivity contribution in [1.82, 2.24) is 9.80 Å². The first kappa shape index (κ1) is 14.8. The van der Waals surface area contributed by atoms with Crippen LogP contribution in [0.15, 0.2) is 0 Å². The molecule has 3 aliphatic rings. The van der Waals surface area contributed by atoms with Crippen molar-refractivity contribution >= 4 is 11.9 Å². The minimum Gasteiger partial charge on any atom is -0.481 e. The summed E-state index contributed by atoms with van der Waals surface area (Å²) in [6, 6.07) is 0. The van der Waals surface area contributed by atoms with Crippen LogP contribution in [-0.4, -0.2) is 73.2 Å². The van der Waals surface area contributed by atoms with Gasteiger partial charge in [0, 0.05) is 51.7 Å². The lowest BCUT2D eigenvalue weighted by molar-refractivity contribution is -0.149. The fourth-order valence-electron chi connectivity index (χ4n) is 3.94. The van der Waals surface area contributed by atoms with Crippen molar-refractivity contribution in [2.45, 2.75) is 19.3 Å². The quantitative estimate of drug-likeness (QED) is 0.789. The van der Waals surface area contributed by atoms with Crippen LogP contribution in [0.1, 0.15) is 19.3 Å². The van der Waals surface area contributed by atoms with Gasteiger partial charge in [0.15, 0.2) is 0 Å². The molecule has 21 heavy (non-hydrogen) atoms. The third kappa shape index (κ3) is 2.44. The van der Waals surface area contributed by atoms with E-state index in [4.69, 9.17) is 4.74 Å². The van der Waals surface area contributed by atoms with Crippen LogP contribution in [0.3, 0.4) is 0 Å². The summed E-state index contributed by atoms with van der Waals surface area (Å²) in [6.07, 6.45) is 3.07. The number of rotatable bonds is 5. The van der Waals surface area contributed by atoms with Gasteiger partial charge in [-0.15, -0.1) is 0 Å². The smallest absolute Gasteiger partial charge is 0.313 e. The molecule has 1 aliphatic carbocycles. The first-order valence-electron chi connectivity index (χ1n) is 7.80. The van der Waals surface area contributed by atoms with Gasteiger partial charge in [0.1, 0.15) is 5.41 Å². The number of carboxylic acids is 1. The maximum absolute atomic E-state index is 12.4. The molecule has 2 aliphatic heterocycles. The van der Waals surface area contributed by atoms with Crippen molar-refractivity contribution in [2.75, 3.05) is 46.4 Å². The molecule has 0 aromatic heterocycles. The molecule has 0 aromatic rings. The van der Waals surface area contributed by atoms with Crippen LogP contribution in [0.5, 0.6) is 0 Å². The summed E-state index contributed by atoms with van der Waals surface area (Å²) in [6.45, 7) is 3.65. The predicted octanol–water partition coefficient (Wildman–Crippen LogP) is 0.278. The Morgan fingerprint density at radius 1 is 1.29 bits per heavy atom. The Morgan fingerprint density at radius 3 is 2.57 bits per heavy atom. The van der Waals surface area contributed by atoms with E-state index >= 15 is 0 Å². The van der Waals surface area contributed by atoms with Gasteiger partial charge >= 0.3 is 5.97 Å². The van der Waals surface area contributed by atoms with Gasteiger partial charge in [0.2, 0.25) is 5.91 Å². The Labute approximate surface area is 125 Å². The Balaban J connectivity index is 1.68. The van der Waals surface area contributed by atoms with Crippen molar-refractivity contribution in [3.8, 4) is 0 Å². The van der Waals surface area contributed by atoms with E-state index in [2.05, 4.69) is 4.90 Å². The molecule has 0 bridgehead atoms. The zero-order valence-corrected chi connectivity index (χ0v) is 12.6. The van der Waals surface area contributed by atoms with E-state index in [1.54, 1.807) is 7.11 Å². The molecule has 1 N–H and O–H groups in total. The molecule has 118 valence electrons. The van der Waals surface area contributed by atoms with Gasteiger partial charge in [-0.1, -0.05) is 6.42 Å². The van der Waals surface area contributed by atoms with Gasteiger partial charge < -0.3 is 14.7 Å². The van der Waals surface area contributed by atoms with Crippen molar-refractivity contribution in [1.29, 1.82) is 0 Å². The number of carbonyl (C=O) groups is 2. The second-order valence-corrected chi connectivity index (χ2v) is 6.73. The molecule has 2 heterocycles. The van der Waals surface area contributed by atoms with Crippen molar-refractivity contribution in [3.05, 3.63) is 0 Å². The van der Waals surface area contributed by atoms with Crippen LogP contribution in [0.4, 0.5) is 0 Å². The monoisotopic (exact) mass is 296 g/mol. The number of ether oxygens (including phenoxy) is 1. The van der Waals surface area contributed by atoms with Crippen LogP contribution in [0, 0.1) is 17.3 Å². The average Bonchev–Trinajstić information content (AvgIpc) is 2.88. The van der Waals surface area contributed by atoms with Gasteiger partial charge in [-0.25, -0.2) is 0 Å². The van der Waals surface area contributed by atoms with E-state index in [1.807, 2.05) is 4.90 Å². The molecule has 6 nitrogen and oxygen atoms in total. The zero-order chi connectivity index (χ0) is 15.0. The van der Waals surface area contributed by atoms with E-state index in [0.717, 1.165) is 32.4 Å². The Kier molecular flexibility index (Phi) is 3.92. The number of hydrogen-bond acceptors (Lipinski definition) is 4. The lowest BCUT2D eigenvalue weighted by Crippen LogP contribution is -2.44. The van der Waals surface area contributed by atoms with Crippen LogP contribution in [-0.2, 0) is 14.3 Å². The normalized spacial score (nSPS) is 33.0. The largest absolute Gasteiger partial charge is 0.481 e. The number of aliphatic carboxylic acids is 1. The van der Waals surface area contributed by atoms with Gasteiger partial charge in [0.05, 0.1) is 6.61 Å². The molecule has 0 spiro atoms. The van der Waals surface area contributed by atoms with Gasteiger partial charge in [0.25, 0.3) is 0 Å². The molecular formula is C15H24N2O4. The first-order valence-corrected chi connectivity index (χ1v) is 7.80. The maximum atomic E-state index is 12.4. The minimum atomic E-state index is -0.771. The molecule has 0 aromatic carbocycles. The standard InChI is InChI=1S/C15H24N2O4/c1-21-6-5-16-7-12-8-17(13(18)11-3-2-4-11)10-15(12,9-16)14(19)20/h11-12H,2-10H2,1H3,(H,19,20)/t12-,15-/m0/s1. The fourth-order valence-corrected chi connectivity index (χ4v) is 3.94. The molecule has 3 rings (SSSR count). The number of likely N-dealkylation sites (tertiary alicyclic amines) is 2. The average molecular weight is 296 g/mol. The second kappa shape index (κ2) is 5.57. The summed E-state index contributed by atoms with van der Waals surface area (Å²) in [5.41, 5.74) is -0.771. The molecule has 6 heteroatoms. The minimum absolute atomic E-state index is 0.0517. The SMILES string of the molecule is COCCN1C[C@H]2CN(C(=O)C3CCC3)C[C@@]2(C(=O)O)C1. The van der Waals surface area contributed by atoms with Crippen LogP contribution >= 0.6 is 0 Å². The summed E-state index contributed by atoms with van der Waals surface area (Å²) in [5, 5.41) is 9.73. The van der Waals surface area contributed by atoms with Crippen LogP contribution in [0.25, 0.3) is 0 Å². The molecule has 3 fully saturated rings. The fraction of sp³-hybridized carbons (Fsp3) is 0.867. The van der Waals surface area contributed by atoms with E-state index in [0.29, 0.717) is 26.2 Å². The number of methoxy groups -OCH3 is 1. The predicted molar refractivity (Wildman–Crippen MR) is 75.8 cm³/mol. The number of fused-ring (bicyclic) bond motifs is 1. The third-order valence-corrected chi connectivity index (χ3v) is 5.48. The Morgan fingerprint density at radius 2 is 2.05 bits per heavy atom. The Bertz CT molecular complexity index is 437. The molecule has 2 atom stereocenters. The number of carboxylic acid groups (broad SMARTS) is 1. The summed E-state index contributed by atoms with van der Waals surface area (Å²) in [7, 11) is 1.66. The summed E-state index contributed by atoms with van der Waals surface area (Å²) in [5.74, 6) is -0.369. The molecular weight excluding hydrogens is 272 g/mol. The topological polar surface area (TPSA) is 70.1 Å². The van der Waals surface area contributed by atoms with Gasteiger partial charge in [-0.3, -0.25) is 14.5 Å². The highest BCUT2D eigenvalue weighted by Crippen LogP contribution is 2.44. The summed E-state index contributed by atoms with van der Waals surface area (Å²) < 4.78 is 5.08. The molecule has 1 amide bonds.